The van der Waals surface area contributed by atoms with Gasteiger partial charge in [-0.15, -0.1) is 11.3 Å². The summed E-state index contributed by atoms with van der Waals surface area (Å²) in [6.07, 6.45) is 0. The molecule has 0 radical (unpaired) electrons. The van der Waals surface area contributed by atoms with Crippen LogP contribution in [0.1, 0.15) is 16.7 Å². The highest BCUT2D eigenvalue weighted by molar-refractivity contribution is 7.21. The van der Waals surface area contributed by atoms with Crippen molar-refractivity contribution in [1.29, 1.82) is 0 Å². The topological polar surface area (TPSA) is 68.6 Å². The number of nitrogens with two attached hydrogens (primary N) is 1. The van der Waals surface area contributed by atoms with E-state index in [2.05, 4.69) is 126 Å². The Morgan fingerprint density at radius 2 is 1.20 bits per heavy atom. The fraction of sp³-hybridized carbons (Fsp3) is 0.0200. The van der Waals surface area contributed by atoms with Crippen molar-refractivity contribution in [2.24, 2.45) is 15.7 Å². The number of aromatic nitrogens is 2. The molecule has 0 saturated carbocycles. The largest absolute Gasteiger partial charge is 0.383 e. The highest BCUT2D eigenvalue weighted by Gasteiger charge is 2.17. The van der Waals surface area contributed by atoms with Gasteiger partial charge in [0.05, 0.1) is 33.5 Å². The van der Waals surface area contributed by atoms with Crippen molar-refractivity contribution in [3.05, 3.63) is 205 Å². The summed E-state index contributed by atoms with van der Waals surface area (Å²) in [6, 6.07) is 65.6. The molecule has 6 heteroatoms. The number of para-hydroxylation sites is 2. The van der Waals surface area contributed by atoms with Crippen LogP contribution in [0.2, 0.25) is 0 Å². The number of nitrogens with zero attached hydrogens (tertiary/aromatic N) is 4. The summed E-state index contributed by atoms with van der Waals surface area (Å²) in [5, 5.41) is 5.87. The lowest BCUT2D eigenvalue weighted by molar-refractivity contribution is 1.06. The average Bonchev–Trinajstić information content (AvgIpc) is 3.85. The molecule has 266 valence electrons. The maximum Gasteiger partial charge on any atom is 0.157 e. The zero-order valence-corrected chi connectivity index (χ0v) is 31.2. The fourth-order valence-corrected chi connectivity index (χ4v) is 8.57. The van der Waals surface area contributed by atoms with Gasteiger partial charge in [-0.25, -0.2) is 9.98 Å². The summed E-state index contributed by atoms with van der Waals surface area (Å²) in [7, 11) is 0. The van der Waals surface area contributed by atoms with Gasteiger partial charge in [0.1, 0.15) is 10.8 Å². The molecule has 10 rings (SSSR count). The first kappa shape index (κ1) is 33.4. The molecule has 0 unspecified atom stereocenters. The summed E-state index contributed by atoms with van der Waals surface area (Å²) in [6.45, 7) is 0.476. The molecule has 0 saturated heterocycles. The van der Waals surface area contributed by atoms with Crippen LogP contribution in [0.15, 0.2) is 198 Å². The Morgan fingerprint density at radius 1 is 0.554 bits per heavy atom. The van der Waals surface area contributed by atoms with E-state index < -0.39 is 0 Å². The van der Waals surface area contributed by atoms with E-state index in [-0.39, 0.29) is 0 Å². The Kier molecular flexibility index (Phi) is 8.50. The summed E-state index contributed by atoms with van der Waals surface area (Å²) >= 11 is 1.74. The molecule has 0 spiro atoms. The summed E-state index contributed by atoms with van der Waals surface area (Å²) in [5.74, 6) is 1.05. The van der Waals surface area contributed by atoms with E-state index in [9.17, 15) is 0 Å². The van der Waals surface area contributed by atoms with Gasteiger partial charge in [0, 0.05) is 32.8 Å². The molecule has 0 fully saturated rings. The molecule has 0 aliphatic carbocycles. The van der Waals surface area contributed by atoms with Crippen molar-refractivity contribution >= 4 is 65.8 Å². The maximum absolute atomic E-state index is 6.43. The van der Waals surface area contributed by atoms with Crippen LogP contribution in [-0.4, -0.2) is 21.2 Å². The van der Waals surface area contributed by atoms with E-state index in [1.54, 1.807) is 11.3 Å². The quantitative estimate of drug-likeness (QED) is 0.131. The van der Waals surface area contributed by atoms with E-state index in [0.717, 1.165) is 44.0 Å². The Hall–Kier alpha value is -7.15. The van der Waals surface area contributed by atoms with Crippen LogP contribution in [0.5, 0.6) is 0 Å². The SMILES string of the molecule is NC(=NC(=NCc1ccc(-c2ccc(-n3c4ccccc4c4cc(-c5nc6ccccc6s5)ccc43)c3ccccc23)cc1)c1ccccc1)c1ccccc1. The lowest BCUT2D eigenvalue weighted by Crippen LogP contribution is -2.16. The third kappa shape index (κ3) is 6.12. The second-order valence-electron chi connectivity index (χ2n) is 13.8. The molecule has 2 N–H and O–H groups in total. The van der Waals surface area contributed by atoms with Gasteiger partial charge in [-0.1, -0.05) is 146 Å². The highest BCUT2D eigenvalue weighted by Crippen LogP contribution is 2.40. The minimum atomic E-state index is 0.439. The minimum absolute atomic E-state index is 0.439. The number of thiazole rings is 1. The Labute approximate surface area is 328 Å². The Balaban J connectivity index is 1.01. The standard InChI is InChI=1S/C50H35N5S/c51-48(35-13-3-1-4-14-35)54-49(36-15-5-2-6-16-36)52-32-33-23-25-34(26-24-33)38-28-30-45(40-18-8-7-17-39(38)40)55-44-21-11-9-19-41(44)42-31-37(27-29-46(42)55)50-53-43-20-10-12-22-47(43)56-50/h1-31H,32H2,(H2,51,52,54). The predicted molar refractivity (Wildman–Crippen MR) is 236 cm³/mol. The smallest absolute Gasteiger partial charge is 0.157 e. The van der Waals surface area contributed by atoms with E-state index >= 15 is 0 Å². The van der Waals surface area contributed by atoms with Crippen LogP contribution in [0, 0.1) is 0 Å². The predicted octanol–water partition coefficient (Wildman–Crippen LogP) is 12.2. The molecular weight excluding hydrogens is 703 g/mol. The monoisotopic (exact) mass is 737 g/mol. The second-order valence-corrected chi connectivity index (χ2v) is 14.8. The zero-order valence-electron chi connectivity index (χ0n) is 30.4. The van der Waals surface area contributed by atoms with Crippen molar-refractivity contribution in [2.75, 3.05) is 0 Å². The molecule has 0 amide bonds. The van der Waals surface area contributed by atoms with Gasteiger partial charge < -0.3 is 10.3 Å². The third-order valence-corrected chi connectivity index (χ3v) is 11.4. The number of rotatable bonds is 7. The number of amidine groups is 2. The summed E-state index contributed by atoms with van der Waals surface area (Å²) in [5.41, 5.74) is 17.3. The lowest BCUT2D eigenvalue weighted by Gasteiger charge is -2.15. The van der Waals surface area contributed by atoms with E-state index in [4.69, 9.17) is 20.7 Å². The maximum atomic E-state index is 6.43. The number of fused-ring (bicyclic) bond motifs is 5. The Bertz CT molecular complexity index is 3070. The molecule has 0 bridgehead atoms. The van der Waals surface area contributed by atoms with Crippen molar-refractivity contribution in [1.82, 2.24) is 9.55 Å². The number of hydrogen-bond donors (Lipinski definition) is 1. The number of aliphatic imine (C=N–C) groups is 2. The Morgan fingerprint density at radius 3 is 1.98 bits per heavy atom. The van der Waals surface area contributed by atoms with Crippen LogP contribution < -0.4 is 5.73 Å². The van der Waals surface area contributed by atoms with Crippen LogP contribution in [0.4, 0.5) is 0 Å². The van der Waals surface area contributed by atoms with Crippen molar-refractivity contribution in [3.63, 3.8) is 0 Å². The fourth-order valence-electron chi connectivity index (χ4n) is 7.61. The van der Waals surface area contributed by atoms with Crippen molar-refractivity contribution < 1.29 is 0 Å². The molecule has 0 aliphatic heterocycles. The van der Waals surface area contributed by atoms with Gasteiger partial charge in [-0.2, -0.15) is 0 Å². The zero-order chi connectivity index (χ0) is 37.4. The van der Waals surface area contributed by atoms with Crippen LogP contribution in [0.25, 0.3) is 70.2 Å². The molecule has 2 aromatic heterocycles. The van der Waals surface area contributed by atoms with Crippen LogP contribution in [0.3, 0.4) is 0 Å². The van der Waals surface area contributed by atoms with Gasteiger partial charge in [0.25, 0.3) is 0 Å². The summed E-state index contributed by atoms with van der Waals surface area (Å²) in [4.78, 5) is 14.7. The molecular formula is C50H35N5S. The van der Waals surface area contributed by atoms with E-state index in [0.29, 0.717) is 18.2 Å². The van der Waals surface area contributed by atoms with Crippen LogP contribution in [-0.2, 0) is 6.54 Å². The van der Waals surface area contributed by atoms with Gasteiger partial charge >= 0.3 is 0 Å². The molecule has 0 atom stereocenters. The van der Waals surface area contributed by atoms with E-state index in [1.165, 1.54) is 42.8 Å². The van der Waals surface area contributed by atoms with Gasteiger partial charge in [-0.3, -0.25) is 4.99 Å². The lowest BCUT2D eigenvalue weighted by atomic mass is 9.96. The molecule has 5 nitrogen and oxygen atoms in total. The number of hydrogen-bond acceptors (Lipinski definition) is 3. The minimum Gasteiger partial charge on any atom is -0.383 e. The van der Waals surface area contributed by atoms with Gasteiger partial charge in [0.2, 0.25) is 0 Å². The molecule has 8 aromatic carbocycles. The van der Waals surface area contributed by atoms with Crippen molar-refractivity contribution in [3.8, 4) is 27.4 Å². The van der Waals surface area contributed by atoms with Crippen molar-refractivity contribution in [2.45, 2.75) is 6.54 Å². The first-order valence-corrected chi connectivity index (χ1v) is 19.5. The van der Waals surface area contributed by atoms with Crippen LogP contribution >= 0.6 is 11.3 Å². The molecule has 10 aromatic rings. The van der Waals surface area contributed by atoms with Gasteiger partial charge in [-0.05, 0) is 64.5 Å². The molecule has 0 aliphatic rings. The highest BCUT2D eigenvalue weighted by atomic mass is 32.1. The first-order chi connectivity index (χ1) is 27.7. The third-order valence-electron chi connectivity index (χ3n) is 10.4. The van der Waals surface area contributed by atoms with Gasteiger partial charge in [0.15, 0.2) is 5.84 Å². The second kappa shape index (κ2) is 14.3. The average molecular weight is 738 g/mol. The first-order valence-electron chi connectivity index (χ1n) is 18.7. The summed E-state index contributed by atoms with van der Waals surface area (Å²) < 4.78 is 3.61. The van der Waals surface area contributed by atoms with E-state index in [1.807, 2.05) is 66.7 Å². The normalized spacial score (nSPS) is 12.3. The molecule has 2 heterocycles. The number of benzene rings is 8. The molecule has 56 heavy (non-hydrogen) atoms.